The van der Waals surface area contributed by atoms with Gasteiger partial charge in [0.25, 0.3) is 0 Å². The van der Waals surface area contributed by atoms with Crippen LogP contribution in [0.2, 0.25) is 0 Å². The molecule has 0 bridgehead atoms. The van der Waals surface area contributed by atoms with E-state index < -0.39 is 6.03 Å². The van der Waals surface area contributed by atoms with E-state index in [4.69, 9.17) is 15.2 Å². The van der Waals surface area contributed by atoms with E-state index in [0.29, 0.717) is 18.1 Å². The lowest BCUT2D eigenvalue weighted by Crippen LogP contribution is -2.24. The minimum atomic E-state index is -0.709. The first-order valence-corrected chi connectivity index (χ1v) is 6.25. The summed E-state index contributed by atoms with van der Waals surface area (Å²) in [6.07, 6.45) is 1.48. The molecule has 0 fully saturated rings. The fourth-order valence-electron chi connectivity index (χ4n) is 1.29. The monoisotopic (exact) mass is 363 g/mol. The molecule has 0 atom stereocenters. The molecule has 2 amide bonds. The number of benzene rings is 1. The average molecular weight is 363 g/mol. The maximum Gasteiger partial charge on any atom is 0.332 e. The molecule has 0 spiro atoms. The van der Waals surface area contributed by atoms with Gasteiger partial charge in [0.05, 0.1) is 23.5 Å². The molecule has 0 unspecified atom stereocenters. The quantitative estimate of drug-likeness (QED) is 0.474. The molecule has 1 aromatic carbocycles. The molecule has 0 aliphatic rings. The first-order chi connectivity index (χ1) is 8.58. The van der Waals surface area contributed by atoms with Crippen LogP contribution in [0.1, 0.15) is 12.5 Å². The van der Waals surface area contributed by atoms with Crippen LogP contribution in [0.5, 0.6) is 11.5 Å². The third kappa shape index (κ3) is 4.06. The summed E-state index contributed by atoms with van der Waals surface area (Å²) in [7, 11) is 1.59. The molecule has 98 valence electrons. The molecule has 0 heterocycles. The van der Waals surface area contributed by atoms with E-state index in [9.17, 15) is 4.79 Å². The largest absolute Gasteiger partial charge is 0.492 e. The molecule has 6 nitrogen and oxygen atoms in total. The number of nitrogens with zero attached hydrogens (tertiary/aromatic N) is 1. The van der Waals surface area contributed by atoms with Gasteiger partial charge in [-0.15, -0.1) is 0 Å². The first kappa shape index (κ1) is 14.6. The second-order valence-corrected chi connectivity index (χ2v) is 4.36. The minimum Gasteiger partial charge on any atom is -0.492 e. The van der Waals surface area contributed by atoms with E-state index in [0.717, 1.165) is 9.13 Å². The highest BCUT2D eigenvalue weighted by molar-refractivity contribution is 14.1. The number of halogens is 1. The van der Waals surface area contributed by atoms with Crippen LogP contribution in [0.3, 0.4) is 0 Å². The second kappa shape index (κ2) is 7.04. The molecule has 0 saturated carbocycles. The molecule has 0 aromatic heterocycles. The molecule has 18 heavy (non-hydrogen) atoms. The first-order valence-electron chi connectivity index (χ1n) is 5.17. The lowest BCUT2D eigenvalue weighted by molar-refractivity contribution is 0.249. The molecule has 0 radical (unpaired) electrons. The Hall–Kier alpha value is -1.51. The second-order valence-electron chi connectivity index (χ2n) is 3.20. The van der Waals surface area contributed by atoms with Crippen molar-refractivity contribution in [1.82, 2.24) is 5.43 Å². The highest BCUT2D eigenvalue weighted by Gasteiger charge is 2.10. The van der Waals surface area contributed by atoms with Gasteiger partial charge in [0, 0.05) is 0 Å². The smallest absolute Gasteiger partial charge is 0.332 e. The van der Waals surface area contributed by atoms with Gasteiger partial charge in [0.15, 0.2) is 11.5 Å². The number of hydrazone groups is 1. The summed E-state index contributed by atoms with van der Waals surface area (Å²) in [6.45, 7) is 2.42. The highest BCUT2D eigenvalue weighted by Crippen LogP contribution is 2.33. The van der Waals surface area contributed by atoms with Crippen molar-refractivity contribution in [3.05, 3.63) is 21.3 Å². The number of carbonyl (C=O) groups is 1. The van der Waals surface area contributed by atoms with Gasteiger partial charge >= 0.3 is 6.03 Å². The van der Waals surface area contributed by atoms with Gasteiger partial charge in [-0.3, -0.25) is 0 Å². The summed E-state index contributed by atoms with van der Waals surface area (Å²) in [5.74, 6) is 1.31. The number of nitrogens with one attached hydrogen (secondary N) is 1. The maximum atomic E-state index is 10.5. The van der Waals surface area contributed by atoms with E-state index in [1.807, 2.05) is 13.0 Å². The zero-order valence-corrected chi connectivity index (χ0v) is 12.2. The topological polar surface area (TPSA) is 85.9 Å². The van der Waals surface area contributed by atoms with Crippen molar-refractivity contribution >= 4 is 34.8 Å². The van der Waals surface area contributed by atoms with Crippen molar-refractivity contribution < 1.29 is 14.3 Å². The van der Waals surface area contributed by atoms with E-state index in [1.165, 1.54) is 6.21 Å². The van der Waals surface area contributed by atoms with Crippen LogP contribution >= 0.6 is 22.6 Å². The molecular formula is C11H14IN3O3. The van der Waals surface area contributed by atoms with Crippen molar-refractivity contribution in [2.45, 2.75) is 6.92 Å². The third-order valence-electron chi connectivity index (χ3n) is 1.92. The number of rotatable bonds is 5. The van der Waals surface area contributed by atoms with Crippen molar-refractivity contribution in [1.29, 1.82) is 0 Å². The Morgan fingerprint density at radius 3 is 2.89 bits per heavy atom. The Morgan fingerprint density at radius 1 is 1.61 bits per heavy atom. The summed E-state index contributed by atoms with van der Waals surface area (Å²) in [5, 5.41) is 3.69. The van der Waals surface area contributed by atoms with Crippen molar-refractivity contribution in [3.8, 4) is 11.5 Å². The Bertz CT molecular complexity index is 463. The number of amides is 2. The highest BCUT2D eigenvalue weighted by atomic mass is 127. The maximum absolute atomic E-state index is 10.5. The van der Waals surface area contributed by atoms with E-state index in [2.05, 4.69) is 33.1 Å². The zero-order valence-electron chi connectivity index (χ0n) is 10.1. The van der Waals surface area contributed by atoms with Crippen molar-refractivity contribution in [3.63, 3.8) is 0 Å². The molecular weight excluding hydrogens is 349 g/mol. The van der Waals surface area contributed by atoms with Gasteiger partial charge in [-0.05, 0) is 47.2 Å². The Labute approximate surface area is 119 Å². The number of ether oxygens (including phenoxy) is 2. The van der Waals surface area contributed by atoms with Crippen molar-refractivity contribution in [2.24, 2.45) is 10.8 Å². The van der Waals surface area contributed by atoms with Crippen LogP contribution in [-0.2, 0) is 0 Å². The van der Waals surface area contributed by atoms with Gasteiger partial charge in [-0.2, -0.15) is 5.10 Å². The van der Waals surface area contributed by atoms with Gasteiger partial charge in [-0.25, -0.2) is 10.2 Å². The Morgan fingerprint density at radius 2 is 2.33 bits per heavy atom. The number of carbonyl (C=O) groups excluding carboxylic acids is 1. The van der Waals surface area contributed by atoms with Gasteiger partial charge in [0.2, 0.25) is 0 Å². The summed E-state index contributed by atoms with van der Waals surface area (Å²) in [5.41, 5.74) is 7.80. The Balaban J connectivity index is 3.00. The molecule has 1 aromatic rings. The SMILES string of the molecule is CCOc1cc(/C=N/NC(N)=O)cc(I)c1OC. The lowest BCUT2D eigenvalue weighted by Gasteiger charge is -2.11. The van der Waals surface area contributed by atoms with Crippen LogP contribution < -0.4 is 20.6 Å². The van der Waals surface area contributed by atoms with Crippen LogP contribution in [0.25, 0.3) is 0 Å². The molecule has 0 aliphatic heterocycles. The predicted octanol–water partition coefficient (Wildman–Crippen LogP) is 1.70. The lowest BCUT2D eigenvalue weighted by atomic mass is 10.2. The number of nitrogens with two attached hydrogens (primary N) is 1. The van der Waals surface area contributed by atoms with E-state index in [-0.39, 0.29) is 0 Å². The summed E-state index contributed by atoms with van der Waals surface area (Å²) < 4.78 is 11.6. The van der Waals surface area contributed by atoms with Gasteiger partial charge in [0.1, 0.15) is 0 Å². The molecule has 0 aliphatic carbocycles. The van der Waals surface area contributed by atoms with E-state index in [1.54, 1.807) is 13.2 Å². The fraction of sp³-hybridized carbons (Fsp3) is 0.273. The van der Waals surface area contributed by atoms with Crippen LogP contribution in [0.4, 0.5) is 4.79 Å². The molecule has 1 rings (SSSR count). The summed E-state index contributed by atoms with van der Waals surface area (Å²) in [6, 6.07) is 2.92. The average Bonchev–Trinajstić information content (AvgIpc) is 2.28. The van der Waals surface area contributed by atoms with Crippen molar-refractivity contribution in [2.75, 3.05) is 13.7 Å². The van der Waals surface area contributed by atoms with E-state index >= 15 is 0 Å². The van der Waals surface area contributed by atoms with Crippen LogP contribution in [0, 0.1) is 3.57 Å². The fourth-order valence-corrected chi connectivity index (χ4v) is 2.14. The number of urea groups is 1. The molecule has 3 N–H and O–H groups in total. The number of hydrogen-bond donors (Lipinski definition) is 2. The third-order valence-corrected chi connectivity index (χ3v) is 2.73. The number of primary amides is 1. The molecule has 0 saturated heterocycles. The number of hydrogen-bond acceptors (Lipinski definition) is 4. The zero-order chi connectivity index (χ0) is 13.5. The van der Waals surface area contributed by atoms with Crippen LogP contribution in [0.15, 0.2) is 17.2 Å². The van der Waals surface area contributed by atoms with Gasteiger partial charge < -0.3 is 15.2 Å². The Kier molecular flexibility index (Phi) is 5.69. The van der Waals surface area contributed by atoms with Crippen LogP contribution in [-0.4, -0.2) is 26.0 Å². The molecule has 7 heteroatoms. The minimum absolute atomic E-state index is 0.534. The normalized spacial score (nSPS) is 10.4. The predicted molar refractivity (Wildman–Crippen MR) is 77.2 cm³/mol. The summed E-state index contributed by atoms with van der Waals surface area (Å²) >= 11 is 2.14. The standard InChI is InChI=1S/C11H14IN3O3/c1-3-18-9-5-7(6-14-15-11(13)16)4-8(12)10(9)17-2/h4-6H,3H2,1-2H3,(H3,13,15,16)/b14-6+. The summed E-state index contributed by atoms with van der Waals surface area (Å²) in [4.78, 5) is 10.5. The number of methoxy groups -OCH3 is 1. The van der Waals surface area contributed by atoms with Gasteiger partial charge in [-0.1, -0.05) is 0 Å².